The summed E-state index contributed by atoms with van der Waals surface area (Å²) in [6.45, 7) is 0. The Morgan fingerprint density at radius 1 is 0.810 bits per heavy atom. The van der Waals surface area contributed by atoms with Crippen LogP contribution in [0.15, 0.2) is 54.6 Å². The van der Waals surface area contributed by atoms with E-state index in [9.17, 15) is 4.79 Å². The highest BCUT2D eigenvalue weighted by molar-refractivity contribution is 6.38. The maximum atomic E-state index is 12.7. The number of ketones is 1. The summed E-state index contributed by atoms with van der Waals surface area (Å²) in [5.41, 5.74) is 7.19. The highest BCUT2D eigenvalue weighted by atomic mass is 35.5. The summed E-state index contributed by atoms with van der Waals surface area (Å²) in [6.07, 6.45) is 0. The molecule has 104 valence electrons. The van der Waals surface area contributed by atoms with Gasteiger partial charge in [-0.05, 0) is 35.7 Å². The van der Waals surface area contributed by atoms with Gasteiger partial charge in [-0.15, -0.1) is 0 Å². The SMILES string of the molecule is Nc1ccc(C(=O)c2ccc(Cl)c3ccccc23)c(Cl)c1. The van der Waals surface area contributed by atoms with E-state index in [0.717, 1.165) is 10.8 Å². The molecule has 0 heterocycles. The molecule has 0 aromatic heterocycles. The first-order chi connectivity index (χ1) is 10.1. The highest BCUT2D eigenvalue weighted by Gasteiger charge is 2.16. The fourth-order valence-corrected chi connectivity index (χ4v) is 2.82. The monoisotopic (exact) mass is 315 g/mol. The molecule has 2 nitrogen and oxygen atoms in total. The van der Waals surface area contributed by atoms with Crippen molar-refractivity contribution >= 4 is 45.4 Å². The van der Waals surface area contributed by atoms with Crippen LogP contribution in [0.3, 0.4) is 0 Å². The molecule has 0 aliphatic rings. The lowest BCUT2D eigenvalue weighted by Crippen LogP contribution is -2.03. The van der Waals surface area contributed by atoms with Crippen molar-refractivity contribution in [1.29, 1.82) is 0 Å². The number of benzene rings is 3. The Labute approximate surface area is 132 Å². The second-order valence-electron chi connectivity index (χ2n) is 4.71. The molecule has 3 rings (SSSR count). The number of carbonyl (C=O) groups is 1. The van der Waals surface area contributed by atoms with Crippen LogP contribution < -0.4 is 5.73 Å². The number of nitrogen functional groups attached to an aromatic ring is 1. The zero-order valence-corrected chi connectivity index (χ0v) is 12.4. The summed E-state index contributed by atoms with van der Waals surface area (Å²) in [6, 6.07) is 15.9. The minimum absolute atomic E-state index is 0.145. The number of nitrogens with two attached hydrogens (primary N) is 1. The number of carbonyl (C=O) groups excluding carboxylic acids is 1. The van der Waals surface area contributed by atoms with Gasteiger partial charge < -0.3 is 5.73 Å². The molecule has 0 amide bonds. The average molecular weight is 316 g/mol. The standard InChI is InChI=1S/C17H11Cl2NO/c18-15-8-7-13(11-3-1-2-4-12(11)15)17(21)14-6-5-10(20)9-16(14)19/h1-9H,20H2. The van der Waals surface area contributed by atoms with Crippen LogP contribution >= 0.6 is 23.2 Å². The first-order valence-corrected chi connectivity index (χ1v) is 7.10. The second-order valence-corrected chi connectivity index (χ2v) is 5.52. The summed E-state index contributed by atoms with van der Waals surface area (Å²) in [4.78, 5) is 12.7. The van der Waals surface area contributed by atoms with Gasteiger partial charge in [0.15, 0.2) is 5.78 Å². The fourth-order valence-electron chi connectivity index (χ4n) is 2.32. The van der Waals surface area contributed by atoms with Crippen molar-refractivity contribution in [1.82, 2.24) is 0 Å². The molecule has 0 unspecified atom stereocenters. The Hall–Kier alpha value is -2.03. The third-order valence-electron chi connectivity index (χ3n) is 3.35. The molecular weight excluding hydrogens is 305 g/mol. The van der Waals surface area contributed by atoms with Crippen LogP contribution in [0.5, 0.6) is 0 Å². The molecule has 3 aromatic carbocycles. The molecule has 0 aliphatic heterocycles. The van der Waals surface area contributed by atoms with Crippen molar-refractivity contribution in [2.24, 2.45) is 0 Å². The lowest BCUT2D eigenvalue weighted by molar-refractivity contribution is 0.104. The Morgan fingerprint density at radius 3 is 2.19 bits per heavy atom. The molecule has 0 fully saturated rings. The number of rotatable bonds is 2. The fraction of sp³-hybridized carbons (Fsp3) is 0. The lowest BCUT2D eigenvalue weighted by atomic mass is 9.97. The lowest BCUT2D eigenvalue weighted by Gasteiger charge is -2.09. The van der Waals surface area contributed by atoms with Crippen molar-refractivity contribution in [3.63, 3.8) is 0 Å². The maximum Gasteiger partial charge on any atom is 0.195 e. The van der Waals surface area contributed by atoms with E-state index >= 15 is 0 Å². The molecule has 0 aliphatic carbocycles. The quantitative estimate of drug-likeness (QED) is 0.536. The molecule has 0 spiro atoms. The van der Waals surface area contributed by atoms with Crippen molar-refractivity contribution in [3.8, 4) is 0 Å². The third-order valence-corrected chi connectivity index (χ3v) is 4.00. The minimum Gasteiger partial charge on any atom is -0.399 e. The van der Waals surface area contributed by atoms with Gasteiger partial charge in [0.1, 0.15) is 0 Å². The Balaban J connectivity index is 2.21. The molecule has 4 heteroatoms. The predicted molar refractivity (Wildman–Crippen MR) is 88.3 cm³/mol. The predicted octanol–water partition coefficient (Wildman–Crippen LogP) is 4.96. The molecule has 0 saturated carbocycles. The molecule has 0 atom stereocenters. The Bertz CT molecular complexity index is 859. The Morgan fingerprint density at radius 2 is 1.48 bits per heavy atom. The minimum atomic E-state index is -0.145. The Kier molecular flexibility index (Phi) is 3.58. The summed E-state index contributed by atoms with van der Waals surface area (Å²) in [5.74, 6) is -0.145. The van der Waals surface area contributed by atoms with Gasteiger partial charge >= 0.3 is 0 Å². The van der Waals surface area contributed by atoms with Gasteiger partial charge in [-0.25, -0.2) is 0 Å². The normalized spacial score (nSPS) is 10.8. The van der Waals surface area contributed by atoms with Gasteiger partial charge in [0.25, 0.3) is 0 Å². The van der Waals surface area contributed by atoms with Gasteiger partial charge in [0.05, 0.1) is 5.02 Å². The van der Waals surface area contributed by atoms with Gasteiger partial charge in [-0.2, -0.15) is 0 Å². The van der Waals surface area contributed by atoms with E-state index in [1.807, 2.05) is 24.3 Å². The van der Waals surface area contributed by atoms with Gasteiger partial charge in [-0.3, -0.25) is 4.79 Å². The van der Waals surface area contributed by atoms with E-state index in [0.29, 0.717) is 26.9 Å². The zero-order valence-electron chi connectivity index (χ0n) is 10.9. The van der Waals surface area contributed by atoms with E-state index in [1.54, 1.807) is 30.3 Å². The highest BCUT2D eigenvalue weighted by Crippen LogP contribution is 2.30. The zero-order chi connectivity index (χ0) is 15.0. The smallest absolute Gasteiger partial charge is 0.195 e. The van der Waals surface area contributed by atoms with Crippen LogP contribution in [0.4, 0.5) is 5.69 Å². The number of halogens is 2. The van der Waals surface area contributed by atoms with Crippen LogP contribution in [-0.2, 0) is 0 Å². The first kappa shape index (κ1) is 13.9. The van der Waals surface area contributed by atoms with E-state index in [4.69, 9.17) is 28.9 Å². The molecule has 21 heavy (non-hydrogen) atoms. The molecule has 3 aromatic rings. The number of fused-ring (bicyclic) bond motifs is 1. The van der Waals surface area contributed by atoms with Gasteiger partial charge in [0, 0.05) is 27.2 Å². The van der Waals surface area contributed by atoms with Crippen LogP contribution in [0.25, 0.3) is 10.8 Å². The summed E-state index contributed by atoms with van der Waals surface area (Å²) in [5, 5.41) is 2.61. The van der Waals surface area contributed by atoms with E-state index in [2.05, 4.69) is 0 Å². The second kappa shape index (κ2) is 5.40. The molecule has 2 N–H and O–H groups in total. The summed E-state index contributed by atoms with van der Waals surface area (Å²) >= 11 is 12.3. The molecular formula is C17H11Cl2NO. The first-order valence-electron chi connectivity index (χ1n) is 6.35. The van der Waals surface area contributed by atoms with Crippen LogP contribution in [0.2, 0.25) is 10.0 Å². The topological polar surface area (TPSA) is 43.1 Å². The van der Waals surface area contributed by atoms with Gasteiger partial charge in [-0.1, -0.05) is 47.5 Å². The molecule has 0 saturated heterocycles. The number of hydrogen-bond donors (Lipinski definition) is 1. The third kappa shape index (κ3) is 2.48. The van der Waals surface area contributed by atoms with Gasteiger partial charge in [0.2, 0.25) is 0 Å². The number of anilines is 1. The van der Waals surface area contributed by atoms with Crippen molar-refractivity contribution in [2.45, 2.75) is 0 Å². The molecule has 0 bridgehead atoms. The maximum absolute atomic E-state index is 12.7. The van der Waals surface area contributed by atoms with Crippen molar-refractivity contribution in [3.05, 3.63) is 75.8 Å². The summed E-state index contributed by atoms with van der Waals surface area (Å²) < 4.78 is 0. The van der Waals surface area contributed by atoms with Crippen LogP contribution in [0.1, 0.15) is 15.9 Å². The molecule has 0 radical (unpaired) electrons. The summed E-state index contributed by atoms with van der Waals surface area (Å²) in [7, 11) is 0. The largest absolute Gasteiger partial charge is 0.399 e. The van der Waals surface area contributed by atoms with E-state index < -0.39 is 0 Å². The van der Waals surface area contributed by atoms with Crippen LogP contribution in [0, 0.1) is 0 Å². The average Bonchev–Trinajstić information content (AvgIpc) is 2.47. The van der Waals surface area contributed by atoms with Crippen molar-refractivity contribution < 1.29 is 4.79 Å². The van der Waals surface area contributed by atoms with E-state index in [-0.39, 0.29) is 5.78 Å². The van der Waals surface area contributed by atoms with Crippen molar-refractivity contribution in [2.75, 3.05) is 5.73 Å². The van der Waals surface area contributed by atoms with Crippen LogP contribution in [-0.4, -0.2) is 5.78 Å². The van der Waals surface area contributed by atoms with E-state index in [1.165, 1.54) is 0 Å². The number of hydrogen-bond acceptors (Lipinski definition) is 2.